The van der Waals surface area contributed by atoms with Gasteiger partial charge >= 0.3 is 0 Å². The van der Waals surface area contributed by atoms with Gasteiger partial charge in [0.1, 0.15) is 15.8 Å². The monoisotopic (exact) mass is 427 g/mol. The molecule has 3 fully saturated rings. The maximum atomic E-state index is 13.7. The molecule has 5 rings (SSSR count). The van der Waals surface area contributed by atoms with Crippen molar-refractivity contribution < 1.29 is 14.3 Å². The molecular weight excluding hydrogens is 398 g/mol. The van der Waals surface area contributed by atoms with Gasteiger partial charge in [-0.05, 0) is 30.7 Å². The highest BCUT2D eigenvalue weighted by atomic mass is 32.1. The number of hydrogen-bond donors (Lipinski definition) is 0. The minimum atomic E-state index is -0.286. The van der Waals surface area contributed by atoms with Crippen LogP contribution in [0.25, 0.3) is 10.2 Å². The normalized spacial score (nSPS) is 24.0. The number of amides is 2. The van der Waals surface area contributed by atoms with E-state index in [0.717, 1.165) is 40.2 Å². The lowest BCUT2D eigenvalue weighted by Gasteiger charge is -2.34. The third-order valence-corrected chi connectivity index (χ3v) is 8.29. The zero-order valence-electron chi connectivity index (χ0n) is 17.6. The summed E-state index contributed by atoms with van der Waals surface area (Å²) < 4.78 is 6.09. The first-order valence-corrected chi connectivity index (χ1v) is 11.9. The summed E-state index contributed by atoms with van der Waals surface area (Å²) in [6, 6.07) is 3.93. The average molecular weight is 428 g/mol. The third-order valence-electron chi connectivity index (χ3n) is 7.17. The molecule has 2 aromatic rings. The summed E-state index contributed by atoms with van der Waals surface area (Å²) in [6.07, 6.45) is 9.00. The largest absolute Gasteiger partial charge is 0.370 e. The summed E-state index contributed by atoms with van der Waals surface area (Å²) >= 11 is 1.47. The summed E-state index contributed by atoms with van der Waals surface area (Å²) in [5.74, 6) is 0.159. The van der Waals surface area contributed by atoms with Crippen LogP contribution < -0.4 is 0 Å². The average Bonchev–Trinajstić information content (AvgIpc) is 3.36. The van der Waals surface area contributed by atoms with E-state index in [0.29, 0.717) is 25.1 Å². The Labute approximate surface area is 181 Å². The predicted molar refractivity (Wildman–Crippen MR) is 117 cm³/mol. The molecule has 6 nitrogen and oxygen atoms in total. The standard InChI is InChI=1S/C23H29N3O3S/c1-16(27)25-12-13-29-18(14-25)19-17-6-5-10-24-21(17)30-20(19)22(28)26-11-9-23(15-26)7-3-2-4-8-23/h5-6,10,18H,2-4,7-9,11-15H2,1H3. The van der Waals surface area contributed by atoms with E-state index >= 15 is 0 Å². The summed E-state index contributed by atoms with van der Waals surface area (Å²) in [7, 11) is 0. The number of aromatic nitrogens is 1. The fourth-order valence-corrected chi connectivity index (χ4v) is 6.66. The minimum Gasteiger partial charge on any atom is -0.370 e. The molecule has 30 heavy (non-hydrogen) atoms. The Hall–Kier alpha value is -1.99. The van der Waals surface area contributed by atoms with Gasteiger partial charge in [0, 0.05) is 43.7 Å². The van der Waals surface area contributed by atoms with Crippen LogP contribution in [0.15, 0.2) is 18.3 Å². The van der Waals surface area contributed by atoms with Crippen LogP contribution in [0.4, 0.5) is 0 Å². The Balaban J connectivity index is 1.48. The molecule has 4 heterocycles. The number of pyridine rings is 1. The van der Waals surface area contributed by atoms with E-state index in [9.17, 15) is 9.59 Å². The van der Waals surface area contributed by atoms with Crippen molar-refractivity contribution in [2.45, 2.75) is 51.6 Å². The molecule has 160 valence electrons. The summed E-state index contributed by atoms with van der Waals surface area (Å²) in [5.41, 5.74) is 1.25. The van der Waals surface area contributed by atoms with Crippen molar-refractivity contribution in [3.63, 3.8) is 0 Å². The summed E-state index contributed by atoms with van der Waals surface area (Å²) in [5, 5.41) is 0.979. The molecule has 1 saturated carbocycles. The van der Waals surface area contributed by atoms with E-state index in [1.165, 1.54) is 43.4 Å². The first kappa shape index (κ1) is 19.9. The Kier molecular flexibility index (Phi) is 5.27. The second kappa shape index (κ2) is 7.93. The number of rotatable bonds is 2. The van der Waals surface area contributed by atoms with Crippen molar-refractivity contribution in [2.24, 2.45) is 5.41 Å². The third kappa shape index (κ3) is 3.52. The number of carbonyl (C=O) groups excluding carboxylic acids is 2. The van der Waals surface area contributed by atoms with Gasteiger partial charge in [0.05, 0.1) is 13.2 Å². The molecule has 0 N–H and O–H groups in total. The highest BCUT2D eigenvalue weighted by Gasteiger charge is 2.42. The Morgan fingerprint density at radius 2 is 2.00 bits per heavy atom. The molecule has 1 spiro atoms. The topological polar surface area (TPSA) is 62.7 Å². The van der Waals surface area contributed by atoms with Crippen LogP contribution in [0.1, 0.15) is 66.8 Å². The second-order valence-corrected chi connectivity index (χ2v) is 10.1. The molecule has 2 amide bonds. The number of morpholine rings is 1. The van der Waals surface area contributed by atoms with Gasteiger partial charge in [-0.15, -0.1) is 11.3 Å². The van der Waals surface area contributed by atoms with Gasteiger partial charge in [0.25, 0.3) is 5.91 Å². The minimum absolute atomic E-state index is 0.0487. The van der Waals surface area contributed by atoms with Gasteiger partial charge in [-0.2, -0.15) is 0 Å². The highest BCUT2D eigenvalue weighted by molar-refractivity contribution is 7.20. The molecule has 1 aliphatic carbocycles. The second-order valence-electron chi connectivity index (χ2n) is 9.06. The quantitative estimate of drug-likeness (QED) is 0.726. The van der Waals surface area contributed by atoms with Crippen molar-refractivity contribution in [1.29, 1.82) is 0 Å². The maximum Gasteiger partial charge on any atom is 0.264 e. The molecule has 0 aromatic carbocycles. The van der Waals surface area contributed by atoms with Gasteiger partial charge in [0.2, 0.25) is 5.91 Å². The van der Waals surface area contributed by atoms with E-state index in [4.69, 9.17) is 4.74 Å². The Morgan fingerprint density at radius 1 is 1.17 bits per heavy atom. The number of hydrogen-bond acceptors (Lipinski definition) is 5. The van der Waals surface area contributed by atoms with Gasteiger partial charge in [-0.1, -0.05) is 25.3 Å². The summed E-state index contributed by atoms with van der Waals surface area (Å²) in [6.45, 7) is 4.88. The zero-order chi connectivity index (χ0) is 20.7. The molecule has 1 unspecified atom stereocenters. The van der Waals surface area contributed by atoms with E-state index in [-0.39, 0.29) is 17.9 Å². The van der Waals surface area contributed by atoms with Crippen LogP contribution in [-0.4, -0.2) is 59.4 Å². The van der Waals surface area contributed by atoms with Gasteiger partial charge in [0.15, 0.2) is 0 Å². The van der Waals surface area contributed by atoms with E-state index in [2.05, 4.69) is 9.88 Å². The van der Waals surface area contributed by atoms with Crippen LogP contribution in [0, 0.1) is 5.41 Å². The fourth-order valence-electron chi connectivity index (χ4n) is 5.50. The molecule has 2 aliphatic heterocycles. The van der Waals surface area contributed by atoms with E-state index in [1.807, 2.05) is 17.0 Å². The van der Waals surface area contributed by atoms with Crippen molar-refractivity contribution in [3.8, 4) is 0 Å². The number of carbonyl (C=O) groups is 2. The van der Waals surface area contributed by atoms with Crippen LogP contribution in [0.2, 0.25) is 0 Å². The number of fused-ring (bicyclic) bond motifs is 1. The van der Waals surface area contributed by atoms with Crippen LogP contribution in [-0.2, 0) is 9.53 Å². The lowest BCUT2D eigenvalue weighted by molar-refractivity contribution is -0.136. The molecule has 2 saturated heterocycles. The Bertz CT molecular complexity index is 966. The lowest BCUT2D eigenvalue weighted by Crippen LogP contribution is -2.41. The van der Waals surface area contributed by atoms with Crippen molar-refractivity contribution in [3.05, 3.63) is 28.8 Å². The molecular formula is C23H29N3O3S. The van der Waals surface area contributed by atoms with Crippen molar-refractivity contribution >= 4 is 33.4 Å². The van der Waals surface area contributed by atoms with Gasteiger partial charge < -0.3 is 14.5 Å². The van der Waals surface area contributed by atoms with Gasteiger partial charge in [-0.25, -0.2) is 4.98 Å². The van der Waals surface area contributed by atoms with Crippen molar-refractivity contribution in [2.75, 3.05) is 32.8 Å². The molecule has 3 aliphatic rings. The molecule has 0 radical (unpaired) electrons. The van der Waals surface area contributed by atoms with Crippen LogP contribution in [0.5, 0.6) is 0 Å². The predicted octanol–water partition coefficient (Wildman–Crippen LogP) is 4.01. The van der Waals surface area contributed by atoms with Gasteiger partial charge in [-0.3, -0.25) is 9.59 Å². The number of likely N-dealkylation sites (tertiary alicyclic amines) is 1. The van der Waals surface area contributed by atoms with Crippen LogP contribution >= 0.6 is 11.3 Å². The maximum absolute atomic E-state index is 13.7. The molecule has 2 aromatic heterocycles. The SMILES string of the molecule is CC(=O)N1CCOC(c2c(C(=O)N3CCC4(CCCCC4)C3)sc3ncccc23)C1. The molecule has 0 bridgehead atoms. The number of ether oxygens (including phenoxy) is 1. The Morgan fingerprint density at radius 3 is 2.80 bits per heavy atom. The van der Waals surface area contributed by atoms with E-state index in [1.54, 1.807) is 13.1 Å². The number of thiophene rings is 1. The first-order valence-electron chi connectivity index (χ1n) is 11.1. The van der Waals surface area contributed by atoms with Crippen molar-refractivity contribution in [1.82, 2.24) is 14.8 Å². The smallest absolute Gasteiger partial charge is 0.264 e. The van der Waals surface area contributed by atoms with E-state index < -0.39 is 0 Å². The fraction of sp³-hybridized carbons (Fsp3) is 0.609. The zero-order valence-corrected chi connectivity index (χ0v) is 18.4. The van der Waals surface area contributed by atoms with Crippen LogP contribution in [0.3, 0.4) is 0 Å². The highest BCUT2D eigenvalue weighted by Crippen LogP contribution is 2.45. The number of nitrogens with zero attached hydrogens (tertiary/aromatic N) is 3. The molecule has 1 atom stereocenters. The lowest BCUT2D eigenvalue weighted by atomic mass is 9.73. The summed E-state index contributed by atoms with van der Waals surface area (Å²) in [4.78, 5) is 35.7. The first-order chi connectivity index (χ1) is 14.6. The molecule has 7 heteroatoms.